The minimum atomic E-state index is -4.75. The number of rotatable bonds is 4. The zero-order chi connectivity index (χ0) is 18.0. The van der Waals surface area contributed by atoms with E-state index in [0.29, 0.717) is 11.1 Å². The molecule has 0 spiro atoms. The van der Waals surface area contributed by atoms with Crippen LogP contribution in [-0.4, -0.2) is 18.2 Å². The van der Waals surface area contributed by atoms with Gasteiger partial charge in [-0.25, -0.2) is 0 Å². The van der Waals surface area contributed by atoms with Crippen molar-refractivity contribution >= 4 is 5.78 Å². The number of hydrogen-bond donors (Lipinski definition) is 1. The van der Waals surface area contributed by atoms with E-state index in [2.05, 4.69) is 4.74 Å². The molecule has 0 heterocycles. The molecule has 0 saturated carbocycles. The molecule has 0 unspecified atom stereocenters. The van der Waals surface area contributed by atoms with Crippen LogP contribution in [0.15, 0.2) is 42.5 Å². The number of halogens is 3. The normalized spacial score (nSPS) is 17.0. The van der Waals surface area contributed by atoms with Crippen molar-refractivity contribution < 1.29 is 22.7 Å². The highest BCUT2D eigenvalue weighted by Gasteiger charge is 2.31. The van der Waals surface area contributed by atoms with Crippen molar-refractivity contribution in [3.05, 3.63) is 64.7 Å². The first kappa shape index (κ1) is 17.5. The lowest BCUT2D eigenvalue weighted by Crippen LogP contribution is -2.28. The maximum Gasteiger partial charge on any atom is 0.573 e. The molecule has 0 radical (unpaired) electrons. The SMILES string of the molecule is N[C@@H]1CCc2cc(C(=O)Cc3cccc(OC(F)(F)F)c3)ccc2C1. The summed E-state index contributed by atoms with van der Waals surface area (Å²) in [6.07, 6.45) is -2.19. The van der Waals surface area contributed by atoms with Gasteiger partial charge in [-0.2, -0.15) is 0 Å². The van der Waals surface area contributed by atoms with Gasteiger partial charge < -0.3 is 10.5 Å². The van der Waals surface area contributed by atoms with E-state index < -0.39 is 6.36 Å². The average molecular weight is 349 g/mol. The van der Waals surface area contributed by atoms with Gasteiger partial charge in [0.05, 0.1) is 0 Å². The van der Waals surface area contributed by atoms with Gasteiger partial charge in [0.2, 0.25) is 0 Å². The number of carbonyl (C=O) groups excluding carboxylic acids is 1. The lowest BCUT2D eigenvalue weighted by Gasteiger charge is -2.21. The molecule has 3 rings (SSSR count). The predicted molar refractivity (Wildman–Crippen MR) is 87.6 cm³/mol. The van der Waals surface area contributed by atoms with Gasteiger partial charge in [0.25, 0.3) is 0 Å². The minimum Gasteiger partial charge on any atom is -0.406 e. The maximum atomic E-state index is 12.5. The van der Waals surface area contributed by atoms with Crippen molar-refractivity contribution in [2.75, 3.05) is 0 Å². The Labute approximate surface area is 143 Å². The highest BCUT2D eigenvalue weighted by Crippen LogP contribution is 2.25. The van der Waals surface area contributed by atoms with Gasteiger partial charge in [-0.15, -0.1) is 13.2 Å². The Hall–Kier alpha value is -2.34. The summed E-state index contributed by atoms with van der Waals surface area (Å²) in [4.78, 5) is 12.5. The number of hydrogen-bond acceptors (Lipinski definition) is 3. The molecule has 2 aromatic rings. The number of alkyl halides is 3. The summed E-state index contributed by atoms with van der Waals surface area (Å²) in [5.74, 6) is -0.459. The number of fused-ring (bicyclic) bond motifs is 1. The second-order valence-electron chi connectivity index (χ2n) is 6.28. The number of ketones is 1. The van der Waals surface area contributed by atoms with Gasteiger partial charge in [-0.1, -0.05) is 24.3 Å². The molecule has 1 atom stereocenters. The fraction of sp³-hybridized carbons (Fsp3) is 0.316. The Kier molecular flexibility index (Phi) is 4.81. The summed E-state index contributed by atoms with van der Waals surface area (Å²) in [6.45, 7) is 0. The van der Waals surface area contributed by atoms with Crippen molar-refractivity contribution in [2.24, 2.45) is 5.73 Å². The van der Waals surface area contributed by atoms with Gasteiger partial charge in [0.1, 0.15) is 5.75 Å². The number of ether oxygens (including phenoxy) is 1. The van der Waals surface area contributed by atoms with Crippen LogP contribution >= 0.6 is 0 Å². The van der Waals surface area contributed by atoms with Crippen LogP contribution in [0, 0.1) is 0 Å². The molecule has 0 amide bonds. The lowest BCUT2D eigenvalue weighted by atomic mass is 9.87. The summed E-state index contributed by atoms with van der Waals surface area (Å²) in [6, 6.07) is 11.2. The molecule has 0 saturated heterocycles. The van der Waals surface area contributed by atoms with Crippen molar-refractivity contribution in [1.29, 1.82) is 0 Å². The molecule has 2 N–H and O–H groups in total. The average Bonchev–Trinajstić information content (AvgIpc) is 2.53. The molecule has 132 valence electrons. The molecule has 0 bridgehead atoms. The van der Waals surface area contributed by atoms with Crippen molar-refractivity contribution in [3.8, 4) is 5.75 Å². The van der Waals surface area contributed by atoms with Crippen LogP contribution in [0.3, 0.4) is 0 Å². The number of Topliss-reactive ketones (excluding diaryl/α,β-unsaturated/α-hetero) is 1. The maximum absolute atomic E-state index is 12.5. The number of carbonyl (C=O) groups is 1. The van der Waals surface area contributed by atoms with Crippen LogP contribution in [0.5, 0.6) is 5.75 Å². The van der Waals surface area contributed by atoms with E-state index >= 15 is 0 Å². The molecule has 25 heavy (non-hydrogen) atoms. The van der Waals surface area contributed by atoms with Crippen molar-refractivity contribution in [2.45, 2.75) is 38.1 Å². The molecule has 0 fully saturated rings. The third-order valence-corrected chi connectivity index (χ3v) is 4.29. The molecular weight excluding hydrogens is 331 g/mol. The monoisotopic (exact) mass is 349 g/mol. The first-order valence-electron chi connectivity index (χ1n) is 8.05. The number of benzene rings is 2. The molecule has 3 nitrogen and oxygen atoms in total. The van der Waals surface area contributed by atoms with E-state index in [0.717, 1.165) is 30.4 Å². The third-order valence-electron chi connectivity index (χ3n) is 4.29. The van der Waals surface area contributed by atoms with Gasteiger partial charge in [0, 0.05) is 18.0 Å². The Bertz CT molecular complexity index is 786. The van der Waals surface area contributed by atoms with Crippen LogP contribution in [0.4, 0.5) is 13.2 Å². The zero-order valence-electron chi connectivity index (χ0n) is 13.5. The van der Waals surface area contributed by atoms with E-state index in [1.54, 1.807) is 12.1 Å². The van der Waals surface area contributed by atoms with Gasteiger partial charge >= 0.3 is 6.36 Å². The van der Waals surface area contributed by atoms with Gasteiger partial charge in [0.15, 0.2) is 5.78 Å². The largest absolute Gasteiger partial charge is 0.573 e. The predicted octanol–water partition coefficient (Wildman–Crippen LogP) is 3.83. The lowest BCUT2D eigenvalue weighted by molar-refractivity contribution is -0.274. The second kappa shape index (κ2) is 6.88. The van der Waals surface area contributed by atoms with Crippen molar-refractivity contribution in [1.82, 2.24) is 0 Å². The quantitative estimate of drug-likeness (QED) is 0.854. The first-order valence-corrected chi connectivity index (χ1v) is 8.05. The zero-order valence-corrected chi connectivity index (χ0v) is 13.5. The molecule has 1 aliphatic carbocycles. The van der Waals surface area contributed by atoms with E-state index in [9.17, 15) is 18.0 Å². The molecule has 1 aliphatic rings. The number of aryl methyl sites for hydroxylation is 1. The van der Waals surface area contributed by atoms with Crippen molar-refractivity contribution in [3.63, 3.8) is 0 Å². The molecule has 6 heteroatoms. The van der Waals surface area contributed by atoms with Crippen LogP contribution in [-0.2, 0) is 19.3 Å². The first-order chi connectivity index (χ1) is 11.8. The smallest absolute Gasteiger partial charge is 0.406 e. The van der Waals surface area contributed by atoms with E-state index in [4.69, 9.17) is 5.73 Å². The van der Waals surface area contributed by atoms with Crippen LogP contribution in [0.2, 0.25) is 0 Å². The summed E-state index contributed by atoms with van der Waals surface area (Å²) >= 11 is 0. The standard InChI is InChI=1S/C19H18F3NO2/c20-19(21,22)25-17-3-1-2-12(8-17)9-18(24)15-5-4-14-11-16(23)7-6-13(14)10-15/h1-5,8,10,16H,6-7,9,11,23H2/t16-/m1/s1. The Balaban J connectivity index is 1.73. The molecule has 0 aromatic heterocycles. The fourth-order valence-corrected chi connectivity index (χ4v) is 3.10. The second-order valence-corrected chi connectivity index (χ2v) is 6.28. The third kappa shape index (κ3) is 4.60. The summed E-state index contributed by atoms with van der Waals surface area (Å²) in [5, 5.41) is 0. The Morgan fingerprint density at radius 1 is 1.16 bits per heavy atom. The topological polar surface area (TPSA) is 52.3 Å². The van der Waals surface area contributed by atoms with Crippen LogP contribution < -0.4 is 10.5 Å². The minimum absolute atomic E-state index is 0.0212. The summed E-state index contributed by atoms with van der Waals surface area (Å²) in [5.41, 5.74) is 9.28. The Morgan fingerprint density at radius 2 is 1.96 bits per heavy atom. The highest BCUT2D eigenvalue weighted by molar-refractivity contribution is 5.97. The fourth-order valence-electron chi connectivity index (χ4n) is 3.10. The summed E-state index contributed by atoms with van der Waals surface area (Å²) < 4.78 is 40.8. The summed E-state index contributed by atoms with van der Waals surface area (Å²) in [7, 11) is 0. The van der Waals surface area contributed by atoms with E-state index in [1.807, 2.05) is 12.1 Å². The van der Waals surface area contributed by atoms with Gasteiger partial charge in [-0.3, -0.25) is 4.79 Å². The molecule has 2 aromatic carbocycles. The number of nitrogens with two attached hydrogens (primary N) is 1. The Morgan fingerprint density at radius 3 is 2.72 bits per heavy atom. The van der Waals surface area contributed by atoms with Crippen LogP contribution in [0.1, 0.15) is 33.5 Å². The van der Waals surface area contributed by atoms with E-state index in [1.165, 1.54) is 18.2 Å². The van der Waals surface area contributed by atoms with Crippen LogP contribution in [0.25, 0.3) is 0 Å². The highest BCUT2D eigenvalue weighted by atomic mass is 19.4. The molecular formula is C19H18F3NO2. The van der Waals surface area contributed by atoms with Gasteiger partial charge in [-0.05, 0) is 54.2 Å². The molecule has 0 aliphatic heterocycles. The van der Waals surface area contributed by atoms with E-state index in [-0.39, 0.29) is 24.0 Å².